The van der Waals surface area contributed by atoms with E-state index in [-0.39, 0.29) is 6.10 Å². The minimum atomic E-state index is -2.62. The molecule has 0 aromatic heterocycles. The van der Waals surface area contributed by atoms with Crippen molar-refractivity contribution in [1.29, 1.82) is 0 Å². The Labute approximate surface area is 67.9 Å². The van der Waals surface area contributed by atoms with Crippen molar-refractivity contribution in [2.45, 2.75) is 31.8 Å². The molecule has 0 amide bonds. The lowest BCUT2D eigenvalue weighted by Crippen LogP contribution is -2.19. The van der Waals surface area contributed by atoms with E-state index in [1.54, 1.807) is 0 Å². The fraction of sp³-hybridized carbons (Fsp3) is 1.00. The van der Waals surface area contributed by atoms with E-state index in [9.17, 15) is 8.42 Å². The Hall–Kier alpha value is -0.0900. The summed E-state index contributed by atoms with van der Waals surface area (Å²) in [6.07, 6.45) is 4.62. The maximum Gasteiger partial charge on any atom is 0.257 e. The molecule has 0 N–H and O–H groups in total. The summed E-state index contributed by atoms with van der Waals surface area (Å²) in [5, 5.41) is 0. The van der Waals surface area contributed by atoms with Crippen molar-refractivity contribution in [3.05, 3.63) is 0 Å². The Morgan fingerprint density at radius 3 is 2.45 bits per heavy atom. The van der Waals surface area contributed by atoms with Gasteiger partial charge in [-0.25, -0.2) is 8.42 Å². The molecule has 3 unspecified atom stereocenters. The van der Waals surface area contributed by atoms with Gasteiger partial charge in [0.15, 0.2) is 0 Å². The fourth-order valence-corrected chi connectivity index (χ4v) is 2.91. The van der Waals surface area contributed by atoms with Crippen LogP contribution in [0.2, 0.25) is 0 Å². The summed E-state index contributed by atoms with van der Waals surface area (Å²) < 4.78 is 25.3. The van der Waals surface area contributed by atoms with Crippen molar-refractivity contribution in [3.8, 4) is 0 Å². The summed E-state index contributed by atoms with van der Waals surface area (Å²) in [6, 6.07) is 0. The summed E-state index contributed by atoms with van der Waals surface area (Å²) in [6.45, 7) is 0. The van der Waals surface area contributed by atoms with Gasteiger partial charge in [-0.2, -0.15) is 0 Å². The zero-order chi connectivity index (χ0) is 7.84. The number of rotatable bonds is 2. The standard InChI is InChI=1S/C7H12O3S/c8-11(9)10-7-4-5-1-2-6(7)3-5/h5-7,11H,1-4H2. The van der Waals surface area contributed by atoms with Gasteiger partial charge in [-0.1, -0.05) is 0 Å². The first kappa shape index (κ1) is 7.55. The van der Waals surface area contributed by atoms with E-state index < -0.39 is 11.0 Å². The van der Waals surface area contributed by atoms with Gasteiger partial charge in [0.05, 0.1) is 6.10 Å². The molecule has 4 heteroatoms. The Balaban J connectivity index is 1.97. The molecule has 0 aliphatic heterocycles. The molecule has 0 heterocycles. The predicted molar refractivity (Wildman–Crippen MR) is 40.6 cm³/mol. The molecule has 3 nitrogen and oxygen atoms in total. The van der Waals surface area contributed by atoms with Crippen LogP contribution in [-0.4, -0.2) is 14.5 Å². The monoisotopic (exact) mass is 176 g/mol. The van der Waals surface area contributed by atoms with Gasteiger partial charge < -0.3 is 0 Å². The van der Waals surface area contributed by atoms with E-state index >= 15 is 0 Å². The van der Waals surface area contributed by atoms with Crippen LogP contribution in [0.4, 0.5) is 0 Å². The summed E-state index contributed by atoms with van der Waals surface area (Å²) in [7, 11) is -2.62. The molecule has 2 aliphatic rings. The second-order valence-corrected chi connectivity index (χ2v) is 4.20. The Kier molecular flexibility index (Phi) is 1.89. The maximum atomic E-state index is 10.2. The van der Waals surface area contributed by atoms with Gasteiger partial charge in [0, 0.05) is 0 Å². The minimum absolute atomic E-state index is 0.0230. The van der Waals surface area contributed by atoms with Gasteiger partial charge in [-0.05, 0) is 37.5 Å². The molecule has 2 aliphatic carbocycles. The zero-order valence-corrected chi connectivity index (χ0v) is 7.13. The second-order valence-electron chi connectivity index (χ2n) is 3.54. The second kappa shape index (κ2) is 2.75. The molecule has 64 valence electrons. The van der Waals surface area contributed by atoms with Crippen molar-refractivity contribution in [2.75, 3.05) is 0 Å². The van der Waals surface area contributed by atoms with Crippen LogP contribution in [0.3, 0.4) is 0 Å². The smallest absolute Gasteiger partial charge is 0.257 e. The first-order valence-electron chi connectivity index (χ1n) is 4.07. The van der Waals surface area contributed by atoms with Gasteiger partial charge in [0.1, 0.15) is 0 Å². The van der Waals surface area contributed by atoms with Crippen LogP contribution in [0.5, 0.6) is 0 Å². The van der Waals surface area contributed by atoms with Crippen molar-refractivity contribution >= 4 is 11.0 Å². The third-order valence-corrected chi connectivity index (χ3v) is 3.34. The van der Waals surface area contributed by atoms with E-state index in [1.165, 1.54) is 19.3 Å². The number of fused-ring (bicyclic) bond motifs is 2. The molecule has 3 atom stereocenters. The summed E-state index contributed by atoms with van der Waals surface area (Å²) in [4.78, 5) is 0. The lowest BCUT2D eigenvalue weighted by molar-refractivity contribution is 0.152. The van der Waals surface area contributed by atoms with Gasteiger partial charge in [-0.15, -0.1) is 0 Å². The minimum Gasteiger partial charge on any atom is -0.269 e. The molecule has 0 spiro atoms. The highest BCUT2D eigenvalue weighted by Gasteiger charge is 2.40. The van der Waals surface area contributed by atoms with Gasteiger partial charge >= 0.3 is 0 Å². The molecule has 0 saturated heterocycles. The summed E-state index contributed by atoms with van der Waals surface area (Å²) in [5.74, 6) is 1.29. The van der Waals surface area contributed by atoms with E-state index in [0.29, 0.717) is 5.92 Å². The molecule has 0 radical (unpaired) electrons. The van der Waals surface area contributed by atoms with Crippen molar-refractivity contribution in [2.24, 2.45) is 11.8 Å². The van der Waals surface area contributed by atoms with Crippen LogP contribution in [0, 0.1) is 11.8 Å². The quantitative estimate of drug-likeness (QED) is 0.630. The van der Waals surface area contributed by atoms with E-state index in [1.807, 2.05) is 0 Å². The van der Waals surface area contributed by atoms with E-state index in [0.717, 1.165) is 12.3 Å². The van der Waals surface area contributed by atoms with Gasteiger partial charge in [0.2, 0.25) is 0 Å². The number of hydrogen-bond donors (Lipinski definition) is 1. The largest absolute Gasteiger partial charge is 0.269 e. The van der Waals surface area contributed by atoms with Crippen LogP contribution >= 0.6 is 0 Å². The fourth-order valence-electron chi connectivity index (χ4n) is 2.43. The molecular weight excluding hydrogens is 164 g/mol. The lowest BCUT2D eigenvalue weighted by Gasteiger charge is -2.17. The zero-order valence-electron chi connectivity index (χ0n) is 6.23. The maximum absolute atomic E-state index is 10.2. The van der Waals surface area contributed by atoms with Crippen LogP contribution in [-0.2, 0) is 15.2 Å². The first-order chi connectivity index (χ1) is 5.25. The Morgan fingerprint density at radius 1 is 1.18 bits per heavy atom. The van der Waals surface area contributed by atoms with Crippen molar-refractivity contribution < 1.29 is 12.6 Å². The molecule has 2 rings (SSSR count). The summed E-state index contributed by atoms with van der Waals surface area (Å²) >= 11 is 0. The number of thiol groups is 1. The summed E-state index contributed by atoms with van der Waals surface area (Å²) in [5.41, 5.74) is 0. The highest BCUT2D eigenvalue weighted by molar-refractivity contribution is 7.67. The highest BCUT2D eigenvalue weighted by Crippen LogP contribution is 2.45. The molecule has 2 fully saturated rings. The third-order valence-electron chi connectivity index (χ3n) is 2.89. The Morgan fingerprint density at radius 2 is 2.00 bits per heavy atom. The third kappa shape index (κ3) is 1.42. The molecule has 2 saturated carbocycles. The molecule has 0 aromatic rings. The number of hydrogen-bond acceptors (Lipinski definition) is 3. The normalized spacial score (nSPS) is 42.1. The van der Waals surface area contributed by atoms with Crippen LogP contribution in [0.1, 0.15) is 25.7 Å². The average molecular weight is 176 g/mol. The Bertz CT molecular complexity index is 216. The molecule has 11 heavy (non-hydrogen) atoms. The van der Waals surface area contributed by atoms with Crippen molar-refractivity contribution in [3.63, 3.8) is 0 Å². The van der Waals surface area contributed by atoms with E-state index in [4.69, 9.17) is 4.18 Å². The predicted octanol–water partition coefficient (Wildman–Crippen LogP) is 0.718. The highest BCUT2D eigenvalue weighted by atomic mass is 32.2. The molecule has 2 bridgehead atoms. The topological polar surface area (TPSA) is 43.4 Å². The SMILES string of the molecule is O=[SH](=O)OC1CC2CCC1C2. The van der Waals surface area contributed by atoms with Crippen LogP contribution in [0.25, 0.3) is 0 Å². The van der Waals surface area contributed by atoms with Crippen LogP contribution < -0.4 is 0 Å². The molecule has 0 aromatic carbocycles. The van der Waals surface area contributed by atoms with E-state index in [2.05, 4.69) is 0 Å². The lowest BCUT2D eigenvalue weighted by atomic mass is 9.98. The average Bonchev–Trinajstić information content (AvgIpc) is 2.45. The van der Waals surface area contributed by atoms with Crippen molar-refractivity contribution in [1.82, 2.24) is 0 Å². The van der Waals surface area contributed by atoms with Crippen LogP contribution in [0.15, 0.2) is 0 Å². The first-order valence-corrected chi connectivity index (χ1v) is 5.16. The van der Waals surface area contributed by atoms with Gasteiger partial charge in [-0.3, -0.25) is 4.18 Å². The van der Waals surface area contributed by atoms with Gasteiger partial charge in [0.25, 0.3) is 11.0 Å². The molecular formula is C7H12O3S.